The standard InChI is InChI=1S/C12H15BrN2O4/c1-7(11(16)17)15-12(18)14-6-8-5-9(19-2)3-4-10(8)13/h3-5,7H,6H2,1-2H3,(H,16,17)(H2,14,15,18). The third-order valence-electron chi connectivity index (χ3n) is 2.41. The van der Waals surface area contributed by atoms with Crippen molar-refractivity contribution >= 4 is 27.9 Å². The third kappa shape index (κ3) is 4.78. The zero-order chi connectivity index (χ0) is 14.4. The highest BCUT2D eigenvalue weighted by Crippen LogP contribution is 2.22. The minimum Gasteiger partial charge on any atom is -0.497 e. The first-order chi connectivity index (χ1) is 8.93. The number of halogens is 1. The van der Waals surface area contributed by atoms with Crippen LogP contribution in [0, 0.1) is 0 Å². The van der Waals surface area contributed by atoms with Gasteiger partial charge in [0.15, 0.2) is 0 Å². The lowest BCUT2D eigenvalue weighted by Crippen LogP contribution is -2.44. The molecule has 1 aromatic rings. The maximum Gasteiger partial charge on any atom is 0.325 e. The Bertz CT molecular complexity index is 479. The van der Waals surface area contributed by atoms with E-state index in [2.05, 4.69) is 26.6 Å². The summed E-state index contributed by atoms with van der Waals surface area (Å²) in [6, 6.07) is 3.91. The lowest BCUT2D eigenvalue weighted by molar-refractivity contribution is -0.138. The number of rotatable bonds is 5. The zero-order valence-corrected chi connectivity index (χ0v) is 12.2. The molecule has 0 fully saturated rings. The molecule has 0 radical (unpaired) electrons. The first-order valence-electron chi connectivity index (χ1n) is 5.53. The van der Waals surface area contributed by atoms with Gasteiger partial charge in [-0.05, 0) is 30.7 Å². The second kappa shape index (κ2) is 6.98. The van der Waals surface area contributed by atoms with Crippen LogP contribution in [0.5, 0.6) is 5.75 Å². The van der Waals surface area contributed by atoms with Gasteiger partial charge in [-0.1, -0.05) is 15.9 Å². The van der Waals surface area contributed by atoms with Crippen LogP contribution < -0.4 is 15.4 Å². The summed E-state index contributed by atoms with van der Waals surface area (Å²) in [5.74, 6) is -0.406. The molecule has 0 saturated heterocycles. The topological polar surface area (TPSA) is 87.7 Å². The molecule has 104 valence electrons. The van der Waals surface area contributed by atoms with Crippen LogP contribution in [0.4, 0.5) is 4.79 Å². The van der Waals surface area contributed by atoms with Gasteiger partial charge in [0.2, 0.25) is 0 Å². The van der Waals surface area contributed by atoms with Crippen molar-refractivity contribution in [3.63, 3.8) is 0 Å². The lowest BCUT2D eigenvalue weighted by atomic mass is 10.2. The predicted octanol–water partition coefficient (Wildman–Crippen LogP) is 1.73. The Hall–Kier alpha value is -1.76. The van der Waals surface area contributed by atoms with Gasteiger partial charge in [0.1, 0.15) is 11.8 Å². The van der Waals surface area contributed by atoms with Crippen molar-refractivity contribution in [2.24, 2.45) is 0 Å². The SMILES string of the molecule is COc1ccc(Br)c(CNC(=O)NC(C)C(=O)O)c1. The van der Waals surface area contributed by atoms with E-state index in [4.69, 9.17) is 9.84 Å². The van der Waals surface area contributed by atoms with Crippen molar-refractivity contribution in [3.8, 4) is 5.75 Å². The van der Waals surface area contributed by atoms with Crippen LogP contribution in [0.2, 0.25) is 0 Å². The average molecular weight is 331 g/mol. The van der Waals surface area contributed by atoms with Gasteiger partial charge in [0, 0.05) is 11.0 Å². The normalized spacial score (nSPS) is 11.5. The number of urea groups is 1. The molecule has 0 spiro atoms. The van der Waals surface area contributed by atoms with E-state index in [-0.39, 0.29) is 6.54 Å². The number of aliphatic carboxylic acids is 1. The quantitative estimate of drug-likeness (QED) is 0.767. The van der Waals surface area contributed by atoms with Gasteiger partial charge in [0.25, 0.3) is 0 Å². The van der Waals surface area contributed by atoms with Crippen LogP contribution in [-0.2, 0) is 11.3 Å². The molecular formula is C12H15BrN2O4. The number of benzene rings is 1. The molecule has 0 aliphatic rings. The van der Waals surface area contributed by atoms with E-state index in [1.165, 1.54) is 6.92 Å². The van der Waals surface area contributed by atoms with Crippen molar-refractivity contribution < 1.29 is 19.4 Å². The number of nitrogens with one attached hydrogen (secondary N) is 2. The van der Waals surface area contributed by atoms with Gasteiger partial charge >= 0.3 is 12.0 Å². The maximum atomic E-state index is 11.5. The predicted molar refractivity (Wildman–Crippen MR) is 73.2 cm³/mol. The van der Waals surface area contributed by atoms with Gasteiger partial charge in [-0.3, -0.25) is 4.79 Å². The van der Waals surface area contributed by atoms with Crippen molar-refractivity contribution in [1.82, 2.24) is 10.6 Å². The molecule has 1 unspecified atom stereocenters. The van der Waals surface area contributed by atoms with E-state index in [1.54, 1.807) is 19.2 Å². The monoisotopic (exact) mass is 330 g/mol. The second-order valence-corrected chi connectivity index (χ2v) is 4.70. The number of methoxy groups -OCH3 is 1. The van der Waals surface area contributed by atoms with Crippen molar-refractivity contribution in [3.05, 3.63) is 28.2 Å². The summed E-state index contributed by atoms with van der Waals surface area (Å²) in [5, 5.41) is 13.5. The molecular weight excluding hydrogens is 316 g/mol. The van der Waals surface area contributed by atoms with Gasteiger partial charge in [-0.15, -0.1) is 0 Å². The van der Waals surface area contributed by atoms with Crippen LogP contribution in [0.1, 0.15) is 12.5 Å². The Morgan fingerprint density at radius 2 is 2.16 bits per heavy atom. The van der Waals surface area contributed by atoms with E-state index in [0.29, 0.717) is 5.75 Å². The lowest BCUT2D eigenvalue weighted by Gasteiger charge is -2.12. The molecule has 0 saturated carbocycles. The van der Waals surface area contributed by atoms with Gasteiger partial charge in [-0.25, -0.2) is 4.79 Å². The maximum absolute atomic E-state index is 11.5. The van der Waals surface area contributed by atoms with E-state index in [9.17, 15) is 9.59 Å². The highest BCUT2D eigenvalue weighted by atomic mass is 79.9. The molecule has 2 amide bonds. The molecule has 0 aromatic heterocycles. The van der Waals surface area contributed by atoms with Gasteiger partial charge in [0.05, 0.1) is 7.11 Å². The molecule has 0 aliphatic carbocycles. The molecule has 1 rings (SSSR count). The average Bonchev–Trinajstić information content (AvgIpc) is 2.37. The summed E-state index contributed by atoms with van der Waals surface area (Å²) in [6.45, 7) is 1.65. The fraction of sp³-hybridized carbons (Fsp3) is 0.333. The van der Waals surface area contributed by atoms with Crippen molar-refractivity contribution in [2.45, 2.75) is 19.5 Å². The van der Waals surface area contributed by atoms with Crippen LogP contribution >= 0.6 is 15.9 Å². The Kier molecular flexibility index (Phi) is 5.62. The van der Waals surface area contributed by atoms with Crippen LogP contribution in [0.25, 0.3) is 0 Å². The number of ether oxygens (including phenoxy) is 1. The molecule has 0 bridgehead atoms. The molecule has 3 N–H and O–H groups in total. The first kappa shape index (κ1) is 15.3. The number of carbonyl (C=O) groups is 2. The molecule has 1 atom stereocenters. The number of carboxylic acid groups (broad SMARTS) is 1. The highest BCUT2D eigenvalue weighted by molar-refractivity contribution is 9.10. The Morgan fingerprint density at radius 1 is 1.47 bits per heavy atom. The number of amides is 2. The fourth-order valence-electron chi connectivity index (χ4n) is 1.30. The van der Waals surface area contributed by atoms with Crippen LogP contribution in [0.3, 0.4) is 0 Å². The Balaban J connectivity index is 2.57. The molecule has 0 heterocycles. The highest BCUT2D eigenvalue weighted by Gasteiger charge is 2.13. The largest absolute Gasteiger partial charge is 0.497 e. The molecule has 6 nitrogen and oxygen atoms in total. The summed E-state index contributed by atoms with van der Waals surface area (Å²) in [6.07, 6.45) is 0. The summed E-state index contributed by atoms with van der Waals surface area (Å²) in [4.78, 5) is 22.0. The van der Waals surface area contributed by atoms with E-state index in [1.807, 2.05) is 6.07 Å². The first-order valence-corrected chi connectivity index (χ1v) is 6.33. The van der Waals surface area contributed by atoms with Gasteiger partial charge < -0.3 is 20.5 Å². The Labute approximate surface area is 119 Å². The number of carboxylic acids is 1. The Morgan fingerprint density at radius 3 is 2.74 bits per heavy atom. The number of carbonyl (C=O) groups excluding carboxylic acids is 1. The number of hydrogen-bond acceptors (Lipinski definition) is 3. The van der Waals surface area contributed by atoms with Crippen LogP contribution in [0.15, 0.2) is 22.7 Å². The van der Waals surface area contributed by atoms with Gasteiger partial charge in [-0.2, -0.15) is 0 Å². The smallest absolute Gasteiger partial charge is 0.325 e. The fourth-order valence-corrected chi connectivity index (χ4v) is 1.69. The molecule has 0 aliphatic heterocycles. The number of hydrogen-bond donors (Lipinski definition) is 3. The van der Waals surface area contributed by atoms with E-state index in [0.717, 1.165) is 10.0 Å². The summed E-state index contributed by atoms with van der Waals surface area (Å²) in [7, 11) is 1.56. The summed E-state index contributed by atoms with van der Waals surface area (Å²) >= 11 is 3.36. The molecule has 19 heavy (non-hydrogen) atoms. The zero-order valence-electron chi connectivity index (χ0n) is 10.6. The third-order valence-corrected chi connectivity index (χ3v) is 3.18. The summed E-state index contributed by atoms with van der Waals surface area (Å²) in [5.41, 5.74) is 0.831. The second-order valence-electron chi connectivity index (χ2n) is 3.84. The van der Waals surface area contributed by atoms with E-state index >= 15 is 0 Å². The van der Waals surface area contributed by atoms with E-state index < -0.39 is 18.0 Å². The van der Waals surface area contributed by atoms with Crippen molar-refractivity contribution in [1.29, 1.82) is 0 Å². The summed E-state index contributed by atoms with van der Waals surface area (Å²) < 4.78 is 5.92. The minimum absolute atomic E-state index is 0.260. The van der Waals surface area contributed by atoms with Crippen molar-refractivity contribution in [2.75, 3.05) is 7.11 Å². The van der Waals surface area contributed by atoms with Crippen LogP contribution in [-0.4, -0.2) is 30.3 Å². The molecule has 7 heteroatoms. The minimum atomic E-state index is -1.09. The molecule has 1 aromatic carbocycles.